The molecule has 1 fully saturated rings. The first-order valence-electron chi connectivity index (χ1n) is 5.37. The Kier molecular flexibility index (Phi) is 5.35. The summed E-state index contributed by atoms with van der Waals surface area (Å²) in [7, 11) is 0. The van der Waals surface area contributed by atoms with Gasteiger partial charge in [-0.2, -0.15) is 0 Å². The van der Waals surface area contributed by atoms with E-state index in [0.717, 1.165) is 19.1 Å². The Labute approximate surface area is 81.2 Å². The van der Waals surface area contributed by atoms with Gasteiger partial charge in [0.1, 0.15) is 0 Å². The van der Waals surface area contributed by atoms with Gasteiger partial charge in [0.2, 0.25) is 0 Å². The predicted molar refractivity (Wildman–Crippen MR) is 54.7 cm³/mol. The Hall–Kier alpha value is -0.120. The standard InChI is InChI=1S/C10H22N2O/c1-2-10-3-5-12(9-10)6-8-13-7-4-11/h10H,2-9,11H2,1H3. The predicted octanol–water partition coefficient (Wildman–Crippen LogP) is 0.694. The first-order chi connectivity index (χ1) is 6.36. The van der Waals surface area contributed by atoms with Crippen LogP contribution in [0, 0.1) is 5.92 Å². The third-order valence-electron chi connectivity index (χ3n) is 2.76. The quantitative estimate of drug-likeness (QED) is 0.620. The zero-order valence-electron chi connectivity index (χ0n) is 8.67. The van der Waals surface area contributed by atoms with Gasteiger partial charge in [0.15, 0.2) is 0 Å². The van der Waals surface area contributed by atoms with Gasteiger partial charge < -0.3 is 15.4 Å². The van der Waals surface area contributed by atoms with E-state index in [1.54, 1.807) is 0 Å². The van der Waals surface area contributed by atoms with Crippen LogP contribution in [-0.2, 0) is 4.74 Å². The number of rotatable bonds is 6. The second-order valence-corrected chi connectivity index (χ2v) is 3.76. The molecule has 0 bridgehead atoms. The summed E-state index contributed by atoms with van der Waals surface area (Å²) >= 11 is 0. The van der Waals surface area contributed by atoms with Crippen molar-refractivity contribution >= 4 is 0 Å². The summed E-state index contributed by atoms with van der Waals surface area (Å²) in [5.41, 5.74) is 5.33. The van der Waals surface area contributed by atoms with Crippen molar-refractivity contribution in [1.82, 2.24) is 4.90 Å². The SMILES string of the molecule is CCC1CCN(CCOCCN)C1. The Morgan fingerprint density at radius 3 is 2.92 bits per heavy atom. The molecule has 0 radical (unpaired) electrons. The van der Waals surface area contributed by atoms with Crippen LogP contribution in [0.3, 0.4) is 0 Å². The number of nitrogens with two attached hydrogens (primary N) is 1. The molecule has 1 heterocycles. The maximum absolute atomic E-state index is 5.35. The van der Waals surface area contributed by atoms with E-state index in [1.165, 1.54) is 25.9 Å². The molecular formula is C10H22N2O. The fourth-order valence-corrected chi connectivity index (χ4v) is 1.83. The Bertz CT molecular complexity index is 130. The van der Waals surface area contributed by atoms with Gasteiger partial charge >= 0.3 is 0 Å². The molecule has 1 aliphatic heterocycles. The van der Waals surface area contributed by atoms with Crippen molar-refractivity contribution in [3.8, 4) is 0 Å². The van der Waals surface area contributed by atoms with Gasteiger partial charge in [-0.1, -0.05) is 13.3 Å². The van der Waals surface area contributed by atoms with Gasteiger partial charge in [-0.3, -0.25) is 0 Å². The Morgan fingerprint density at radius 2 is 2.31 bits per heavy atom. The summed E-state index contributed by atoms with van der Waals surface area (Å²) in [5.74, 6) is 0.925. The van der Waals surface area contributed by atoms with E-state index in [0.29, 0.717) is 13.2 Å². The lowest BCUT2D eigenvalue weighted by Gasteiger charge is -2.15. The molecule has 0 aliphatic carbocycles. The molecule has 0 aromatic heterocycles. The number of nitrogens with zero attached hydrogens (tertiary/aromatic N) is 1. The fraction of sp³-hybridized carbons (Fsp3) is 1.00. The molecule has 1 atom stereocenters. The van der Waals surface area contributed by atoms with Gasteiger partial charge in [-0.25, -0.2) is 0 Å². The highest BCUT2D eigenvalue weighted by atomic mass is 16.5. The van der Waals surface area contributed by atoms with E-state index < -0.39 is 0 Å². The molecule has 1 rings (SSSR count). The fourth-order valence-electron chi connectivity index (χ4n) is 1.83. The van der Waals surface area contributed by atoms with Crippen LogP contribution in [-0.4, -0.2) is 44.3 Å². The monoisotopic (exact) mass is 186 g/mol. The van der Waals surface area contributed by atoms with E-state index in [9.17, 15) is 0 Å². The van der Waals surface area contributed by atoms with Crippen molar-refractivity contribution in [2.75, 3.05) is 39.4 Å². The molecule has 2 N–H and O–H groups in total. The summed E-state index contributed by atoms with van der Waals surface area (Å²) in [6, 6.07) is 0. The lowest BCUT2D eigenvalue weighted by atomic mass is 10.1. The minimum atomic E-state index is 0.636. The van der Waals surface area contributed by atoms with Gasteiger partial charge in [0, 0.05) is 19.6 Å². The molecule has 0 saturated carbocycles. The molecule has 13 heavy (non-hydrogen) atoms. The number of likely N-dealkylation sites (tertiary alicyclic amines) is 1. The maximum Gasteiger partial charge on any atom is 0.0594 e. The van der Waals surface area contributed by atoms with Gasteiger partial charge in [-0.15, -0.1) is 0 Å². The summed E-state index contributed by atoms with van der Waals surface area (Å²) in [5, 5.41) is 0. The first kappa shape index (κ1) is 11.0. The van der Waals surface area contributed by atoms with Crippen LogP contribution in [0.2, 0.25) is 0 Å². The van der Waals surface area contributed by atoms with Crippen molar-refractivity contribution in [3.05, 3.63) is 0 Å². The van der Waals surface area contributed by atoms with E-state index >= 15 is 0 Å². The lowest BCUT2D eigenvalue weighted by molar-refractivity contribution is 0.116. The second kappa shape index (κ2) is 6.35. The summed E-state index contributed by atoms with van der Waals surface area (Å²) < 4.78 is 5.35. The third-order valence-corrected chi connectivity index (χ3v) is 2.76. The molecule has 0 amide bonds. The zero-order valence-corrected chi connectivity index (χ0v) is 8.67. The topological polar surface area (TPSA) is 38.5 Å². The zero-order chi connectivity index (χ0) is 9.52. The van der Waals surface area contributed by atoms with Crippen LogP contribution in [0.25, 0.3) is 0 Å². The van der Waals surface area contributed by atoms with Gasteiger partial charge in [0.05, 0.1) is 13.2 Å². The summed E-state index contributed by atoms with van der Waals surface area (Å²) in [6.45, 7) is 8.05. The molecule has 3 nitrogen and oxygen atoms in total. The molecule has 0 aromatic rings. The first-order valence-corrected chi connectivity index (χ1v) is 5.37. The molecule has 1 unspecified atom stereocenters. The lowest BCUT2D eigenvalue weighted by Crippen LogP contribution is -2.26. The van der Waals surface area contributed by atoms with Crippen LogP contribution in [0.5, 0.6) is 0 Å². The van der Waals surface area contributed by atoms with E-state index in [4.69, 9.17) is 10.5 Å². The third kappa shape index (κ3) is 4.07. The highest BCUT2D eigenvalue weighted by molar-refractivity contribution is 4.73. The van der Waals surface area contributed by atoms with Crippen molar-refractivity contribution in [2.24, 2.45) is 11.7 Å². The minimum Gasteiger partial charge on any atom is -0.379 e. The van der Waals surface area contributed by atoms with Crippen molar-refractivity contribution in [1.29, 1.82) is 0 Å². The van der Waals surface area contributed by atoms with Crippen LogP contribution in [0.15, 0.2) is 0 Å². The average molecular weight is 186 g/mol. The highest BCUT2D eigenvalue weighted by Gasteiger charge is 2.19. The molecule has 1 saturated heterocycles. The number of ether oxygens (including phenoxy) is 1. The molecule has 0 aromatic carbocycles. The normalized spacial score (nSPS) is 24.0. The van der Waals surface area contributed by atoms with E-state index in [2.05, 4.69) is 11.8 Å². The molecule has 78 valence electrons. The molecule has 3 heteroatoms. The summed E-state index contributed by atoms with van der Waals surface area (Å²) in [4.78, 5) is 2.49. The average Bonchev–Trinajstić information content (AvgIpc) is 2.60. The van der Waals surface area contributed by atoms with Crippen LogP contribution in [0.1, 0.15) is 19.8 Å². The second-order valence-electron chi connectivity index (χ2n) is 3.76. The maximum atomic E-state index is 5.35. The Morgan fingerprint density at radius 1 is 1.46 bits per heavy atom. The smallest absolute Gasteiger partial charge is 0.0594 e. The van der Waals surface area contributed by atoms with E-state index in [-0.39, 0.29) is 0 Å². The van der Waals surface area contributed by atoms with Crippen molar-refractivity contribution in [2.45, 2.75) is 19.8 Å². The Balaban J connectivity index is 1.97. The number of hydrogen-bond acceptors (Lipinski definition) is 3. The van der Waals surface area contributed by atoms with Crippen LogP contribution >= 0.6 is 0 Å². The van der Waals surface area contributed by atoms with Gasteiger partial charge in [-0.05, 0) is 18.9 Å². The van der Waals surface area contributed by atoms with Crippen LogP contribution in [0.4, 0.5) is 0 Å². The van der Waals surface area contributed by atoms with E-state index in [1.807, 2.05) is 0 Å². The minimum absolute atomic E-state index is 0.636. The van der Waals surface area contributed by atoms with Crippen LogP contribution < -0.4 is 5.73 Å². The largest absolute Gasteiger partial charge is 0.379 e. The number of hydrogen-bond donors (Lipinski definition) is 1. The highest BCUT2D eigenvalue weighted by Crippen LogP contribution is 2.18. The van der Waals surface area contributed by atoms with Crippen molar-refractivity contribution < 1.29 is 4.74 Å². The van der Waals surface area contributed by atoms with Gasteiger partial charge in [0.25, 0.3) is 0 Å². The summed E-state index contributed by atoms with van der Waals surface area (Å²) in [6.07, 6.45) is 2.69. The molecular weight excluding hydrogens is 164 g/mol. The molecule has 0 spiro atoms. The molecule has 1 aliphatic rings. The van der Waals surface area contributed by atoms with Crippen molar-refractivity contribution in [3.63, 3.8) is 0 Å².